The molecule has 1 fully saturated rings. The maximum Gasteiger partial charge on any atom is 0.194 e. The lowest BCUT2D eigenvalue weighted by atomic mass is 10.1. The van der Waals surface area contributed by atoms with Gasteiger partial charge in [-0.25, -0.2) is 9.98 Å². The fraction of sp³-hybridized carbons (Fsp3) is 0.526. The van der Waals surface area contributed by atoms with Crippen LogP contribution in [0.2, 0.25) is 0 Å². The Morgan fingerprint density at radius 3 is 3.00 bits per heavy atom. The number of aliphatic imine (C=N–C) groups is 1. The molecule has 0 aromatic carbocycles. The van der Waals surface area contributed by atoms with E-state index in [1.165, 1.54) is 0 Å². The Morgan fingerprint density at radius 1 is 1.44 bits per heavy atom. The highest BCUT2D eigenvalue weighted by Gasteiger charge is 2.25. The van der Waals surface area contributed by atoms with Crippen molar-refractivity contribution in [1.29, 1.82) is 0 Å². The first-order valence-electron chi connectivity index (χ1n) is 9.32. The van der Waals surface area contributed by atoms with E-state index in [9.17, 15) is 0 Å². The van der Waals surface area contributed by atoms with Crippen molar-refractivity contribution in [3.8, 4) is 0 Å². The van der Waals surface area contributed by atoms with Gasteiger partial charge in [0.25, 0.3) is 0 Å². The van der Waals surface area contributed by atoms with Crippen LogP contribution in [-0.2, 0) is 18.3 Å². The molecular weight excluding hydrogens is 342 g/mol. The Labute approximate surface area is 160 Å². The molecule has 146 valence electrons. The molecule has 0 aliphatic carbocycles. The van der Waals surface area contributed by atoms with Crippen molar-refractivity contribution in [3.05, 3.63) is 41.9 Å². The minimum Gasteiger partial charge on any atom is -0.370 e. The van der Waals surface area contributed by atoms with E-state index in [2.05, 4.69) is 33.3 Å². The highest BCUT2D eigenvalue weighted by atomic mass is 16.5. The second-order valence-corrected chi connectivity index (χ2v) is 6.84. The summed E-state index contributed by atoms with van der Waals surface area (Å²) < 4.78 is 7.76. The lowest BCUT2D eigenvalue weighted by Gasteiger charge is -2.34. The number of rotatable bonds is 5. The SMILES string of the molecule is CCNC(=NCc1ccnc(N(C)C)c1)N1CCOC(c2cnn(C)c2)C1. The summed E-state index contributed by atoms with van der Waals surface area (Å²) in [6.07, 6.45) is 5.73. The number of anilines is 1. The van der Waals surface area contributed by atoms with Gasteiger partial charge in [-0.3, -0.25) is 4.68 Å². The Hall–Kier alpha value is -2.61. The van der Waals surface area contributed by atoms with Gasteiger partial charge in [0.05, 0.1) is 25.9 Å². The van der Waals surface area contributed by atoms with Crippen molar-refractivity contribution in [2.45, 2.75) is 19.6 Å². The number of aryl methyl sites for hydroxylation is 1. The molecule has 1 saturated heterocycles. The predicted octanol–water partition coefficient (Wildman–Crippen LogP) is 1.42. The number of ether oxygens (including phenoxy) is 1. The van der Waals surface area contributed by atoms with E-state index < -0.39 is 0 Å². The zero-order valence-electron chi connectivity index (χ0n) is 16.6. The molecule has 1 aliphatic rings. The predicted molar refractivity (Wildman–Crippen MR) is 107 cm³/mol. The van der Waals surface area contributed by atoms with Crippen molar-refractivity contribution >= 4 is 11.8 Å². The van der Waals surface area contributed by atoms with E-state index in [0.717, 1.165) is 42.5 Å². The van der Waals surface area contributed by atoms with Gasteiger partial charge in [0.15, 0.2) is 5.96 Å². The van der Waals surface area contributed by atoms with Crippen LogP contribution in [0, 0.1) is 0 Å². The number of morpholine rings is 1. The first kappa shape index (κ1) is 19.2. The number of aromatic nitrogens is 3. The lowest BCUT2D eigenvalue weighted by Crippen LogP contribution is -2.48. The average Bonchev–Trinajstić information content (AvgIpc) is 3.12. The van der Waals surface area contributed by atoms with Crippen LogP contribution in [0.3, 0.4) is 0 Å². The van der Waals surface area contributed by atoms with Crippen LogP contribution in [0.1, 0.15) is 24.2 Å². The summed E-state index contributed by atoms with van der Waals surface area (Å²) in [6.45, 7) is 5.78. The molecular formula is C19H29N7O. The number of guanidine groups is 1. The number of hydrogen-bond acceptors (Lipinski definition) is 5. The summed E-state index contributed by atoms with van der Waals surface area (Å²) in [5.74, 6) is 1.86. The van der Waals surface area contributed by atoms with E-state index in [1.807, 2.05) is 55.4 Å². The molecule has 0 amide bonds. The van der Waals surface area contributed by atoms with Crippen LogP contribution >= 0.6 is 0 Å². The molecule has 0 spiro atoms. The van der Waals surface area contributed by atoms with Crippen molar-refractivity contribution in [2.24, 2.45) is 12.0 Å². The molecule has 8 heteroatoms. The van der Waals surface area contributed by atoms with Gasteiger partial charge in [-0.2, -0.15) is 5.10 Å². The summed E-state index contributed by atoms with van der Waals surface area (Å²) >= 11 is 0. The van der Waals surface area contributed by atoms with Gasteiger partial charge >= 0.3 is 0 Å². The molecule has 0 radical (unpaired) electrons. The van der Waals surface area contributed by atoms with Gasteiger partial charge in [-0.15, -0.1) is 0 Å². The lowest BCUT2D eigenvalue weighted by molar-refractivity contribution is -0.00805. The van der Waals surface area contributed by atoms with Gasteiger partial charge in [-0.05, 0) is 24.6 Å². The maximum atomic E-state index is 5.95. The minimum atomic E-state index is 0.0116. The van der Waals surface area contributed by atoms with E-state index in [0.29, 0.717) is 13.2 Å². The molecule has 2 aromatic heterocycles. The Kier molecular flexibility index (Phi) is 6.28. The van der Waals surface area contributed by atoms with E-state index in [1.54, 1.807) is 0 Å². The van der Waals surface area contributed by atoms with Crippen molar-refractivity contribution in [2.75, 3.05) is 45.2 Å². The Morgan fingerprint density at radius 2 is 2.30 bits per heavy atom. The minimum absolute atomic E-state index is 0.0116. The Balaban J connectivity index is 1.72. The molecule has 0 saturated carbocycles. The van der Waals surface area contributed by atoms with Crippen LogP contribution in [0.4, 0.5) is 5.82 Å². The van der Waals surface area contributed by atoms with Crippen LogP contribution in [-0.4, -0.2) is 66.0 Å². The summed E-state index contributed by atoms with van der Waals surface area (Å²) in [5.41, 5.74) is 2.24. The molecule has 27 heavy (non-hydrogen) atoms. The summed E-state index contributed by atoms with van der Waals surface area (Å²) in [5, 5.41) is 7.67. The highest BCUT2D eigenvalue weighted by molar-refractivity contribution is 5.80. The molecule has 3 rings (SSSR count). The second-order valence-electron chi connectivity index (χ2n) is 6.84. The quantitative estimate of drug-likeness (QED) is 0.633. The molecule has 0 bridgehead atoms. The third kappa shape index (κ3) is 4.97. The number of pyridine rings is 1. The van der Waals surface area contributed by atoms with Gasteiger partial charge < -0.3 is 19.9 Å². The summed E-state index contributed by atoms with van der Waals surface area (Å²) in [6, 6.07) is 4.09. The molecule has 1 aliphatic heterocycles. The van der Waals surface area contributed by atoms with Crippen molar-refractivity contribution < 1.29 is 4.74 Å². The smallest absolute Gasteiger partial charge is 0.194 e. The number of nitrogens with zero attached hydrogens (tertiary/aromatic N) is 6. The van der Waals surface area contributed by atoms with E-state index in [-0.39, 0.29) is 6.10 Å². The fourth-order valence-corrected chi connectivity index (χ4v) is 3.05. The molecule has 1 unspecified atom stereocenters. The average molecular weight is 371 g/mol. The zero-order chi connectivity index (χ0) is 19.2. The molecule has 2 aromatic rings. The first-order chi connectivity index (χ1) is 13.1. The topological polar surface area (TPSA) is 70.8 Å². The summed E-state index contributed by atoms with van der Waals surface area (Å²) in [7, 11) is 5.91. The van der Waals surface area contributed by atoms with Gasteiger partial charge in [0.2, 0.25) is 0 Å². The zero-order valence-corrected chi connectivity index (χ0v) is 16.6. The molecule has 8 nitrogen and oxygen atoms in total. The normalized spacial score (nSPS) is 17.9. The third-order valence-corrected chi connectivity index (χ3v) is 4.48. The molecule has 3 heterocycles. The fourth-order valence-electron chi connectivity index (χ4n) is 3.05. The van der Waals surface area contributed by atoms with Crippen LogP contribution < -0.4 is 10.2 Å². The second kappa shape index (κ2) is 8.85. The van der Waals surface area contributed by atoms with E-state index >= 15 is 0 Å². The van der Waals surface area contributed by atoms with Gasteiger partial charge in [-0.1, -0.05) is 0 Å². The van der Waals surface area contributed by atoms with Gasteiger partial charge in [0.1, 0.15) is 11.9 Å². The maximum absolute atomic E-state index is 5.95. The van der Waals surface area contributed by atoms with Gasteiger partial charge in [0, 0.05) is 52.2 Å². The standard InChI is InChI=1S/C19H29N7O/c1-5-20-19(22-11-15-6-7-21-18(10-15)24(2)3)26-8-9-27-17(14-26)16-12-23-25(4)13-16/h6-7,10,12-13,17H,5,8-9,11,14H2,1-4H3,(H,20,22). The van der Waals surface area contributed by atoms with E-state index in [4.69, 9.17) is 9.73 Å². The first-order valence-corrected chi connectivity index (χ1v) is 9.32. The number of nitrogens with one attached hydrogen (secondary N) is 1. The van der Waals surface area contributed by atoms with Crippen LogP contribution in [0.15, 0.2) is 35.7 Å². The Bertz CT molecular complexity index is 771. The van der Waals surface area contributed by atoms with Crippen molar-refractivity contribution in [3.63, 3.8) is 0 Å². The highest BCUT2D eigenvalue weighted by Crippen LogP contribution is 2.21. The van der Waals surface area contributed by atoms with Crippen molar-refractivity contribution in [1.82, 2.24) is 25.0 Å². The van der Waals surface area contributed by atoms with Crippen LogP contribution in [0.25, 0.3) is 0 Å². The largest absolute Gasteiger partial charge is 0.370 e. The molecule has 1 atom stereocenters. The molecule has 1 N–H and O–H groups in total. The summed E-state index contributed by atoms with van der Waals surface area (Å²) in [4.78, 5) is 13.5. The third-order valence-electron chi connectivity index (χ3n) is 4.48. The number of hydrogen-bond donors (Lipinski definition) is 1. The van der Waals surface area contributed by atoms with Crippen LogP contribution in [0.5, 0.6) is 0 Å². The monoisotopic (exact) mass is 371 g/mol.